The molecule has 1 heterocycles. The monoisotopic (exact) mass is 430 g/mol. The van der Waals surface area contributed by atoms with Crippen molar-refractivity contribution < 1.29 is 18.4 Å². The molecule has 0 bridgehead atoms. The number of nitrogens with zero attached hydrogens (tertiary/aromatic N) is 3. The zero-order valence-electron chi connectivity index (χ0n) is 16.6. The highest BCUT2D eigenvalue weighted by Gasteiger charge is 2.37. The van der Waals surface area contributed by atoms with E-state index in [1.165, 1.54) is 47.8 Å². The first-order valence-electron chi connectivity index (χ1n) is 9.10. The van der Waals surface area contributed by atoms with Gasteiger partial charge < -0.3 is 5.32 Å². The average Bonchev–Trinajstić information content (AvgIpc) is 3.21. The highest BCUT2D eigenvalue weighted by atomic mass is 32.1. The van der Waals surface area contributed by atoms with Crippen LogP contribution in [0.4, 0.5) is 14.5 Å². The van der Waals surface area contributed by atoms with Gasteiger partial charge in [0.1, 0.15) is 17.7 Å². The van der Waals surface area contributed by atoms with E-state index in [4.69, 9.17) is 0 Å². The van der Waals surface area contributed by atoms with Crippen LogP contribution in [-0.2, 0) is 4.79 Å². The van der Waals surface area contributed by atoms with Crippen LogP contribution in [0.5, 0.6) is 0 Å². The van der Waals surface area contributed by atoms with Crippen molar-refractivity contribution in [1.29, 1.82) is 0 Å². The lowest BCUT2D eigenvalue weighted by atomic mass is 10.0. The molecule has 0 aliphatic heterocycles. The van der Waals surface area contributed by atoms with Crippen molar-refractivity contribution in [2.75, 3.05) is 4.90 Å². The van der Waals surface area contributed by atoms with Crippen molar-refractivity contribution in [3.63, 3.8) is 0 Å². The van der Waals surface area contributed by atoms with Gasteiger partial charge in [0.05, 0.1) is 5.69 Å². The molecule has 0 unspecified atom stereocenters. The highest BCUT2D eigenvalue weighted by Crippen LogP contribution is 2.32. The van der Waals surface area contributed by atoms with E-state index in [-0.39, 0.29) is 11.4 Å². The topological polar surface area (TPSA) is 75.2 Å². The molecule has 1 atom stereocenters. The Labute approximate surface area is 176 Å². The van der Waals surface area contributed by atoms with E-state index in [0.29, 0.717) is 5.56 Å². The zero-order chi connectivity index (χ0) is 21.9. The summed E-state index contributed by atoms with van der Waals surface area (Å²) in [6.45, 7) is 5.35. The second-order valence-electron chi connectivity index (χ2n) is 7.61. The summed E-state index contributed by atoms with van der Waals surface area (Å²) in [5, 5.41) is 8.02. The maximum atomic E-state index is 14.8. The van der Waals surface area contributed by atoms with Crippen LogP contribution in [0.25, 0.3) is 0 Å². The Morgan fingerprint density at radius 2 is 1.73 bits per heavy atom. The van der Waals surface area contributed by atoms with Gasteiger partial charge in [-0.1, -0.05) is 28.8 Å². The van der Waals surface area contributed by atoms with Crippen LogP contribution in [0.1, 0.15) is 42.9 Å². The molecular formula is C21H20F2N4O2S. The molecule has 0 aliphatic rings. The van der Waals surface area contributed by atoms with Crippen LogP contribution >= 0.6 is 11.5 Å². The molecule has 30 heavy (non-hydrogen) atoms. The molecule has 1 aromatic heterocycles. The minimum Gasteiger partial charge on any atom is -0.349 e. The van der Waals surface area contributed by atoms with Gasteiger partial charge in [0.25, 0.3) is 5.91 Å². The summed E-state index contributed by atoms with van der Waals surface area (Å²) in [4.78, 5) is 27.6. The quantitative estimate of drug-likeness (QED) is 0.661. The fourth-order valence-corrected chi connectivity index (χ4v) is 3.32. The number of hydrogen-bond donors (Lipinski definition) is 1. The third-order valence-electron chi connectivity index (χ3n) is 4.10. The molecule has 9 heteroatoms. The van der Waals surface area contributed by atoms with E-state index in [1.807, 2.05) is 0 Å². The maximum Gasteiger partial charge on any atom is 0.280 e. The van der Waals surface area contributed by atoms with E-state index in [0.717, 1.165) is 16.4 Å². The number of para-hydroxylation sites is 1. The molecule has 0 fully saturated rings. The van der Waals surface area contributed by atoms with Gasteiger partial charge in [-0.05, 0) is 62.1 Å². The lowest BCUT2D eigenvalue weighted by Gasteiger charge is -2.33. The van der Waals surface area contributed by atoms with Gasteiger partial charge in [-0.2, -0.15) is 0 Å². The molecular weight excluding hydrogens is 410 g/mol. The van der Waals surface area contributed by atoms with Gasteiger partial charge in [0, 0.05) is 10.9 Å². The Balaban J connectivity index is 2.19. The Bertz CT molecular complexity index is 1030. The largest absolute Gasteiger partial charge is 0.349 e. The summed E-state index contributed by atoms with van der Waals surface area (Å²) in [6, 6.07) is 9.51. The molecule has 3 aromatic rings. The SMILES string of the molecule is CC(C)(C)NC(=O)[C@H](c1ccc(F)cc1)N(C(=O)c1csnn1)c1ccccc1F. The van der Waals surface area contributed by atoms with Crippen LogP contribution in [0.15, 0.2) is 53.9 Å². The fourth-order valence-electron chi connectivity index (χ4n) is 2.89. The standard InChI is InChI=1S/C21H20F2N4O2S/c1-21(2,3)24-19(28)18(13-8-10-14(22)11-9-13)27(17-7-5-4-6-15(17)23)20(29)16-12-30-26-25-16/h4-12,18H,1-3H3,(H,24,28)/t18-/m0/s1. The van der Waals surface area contributed by atoms with Gasteiger partial charge in [-0.3, -0.25) is 14.5 Å². The molecule has 0 saturated carbocycles. The van der Waals surface area contributed by atoms with Crippen LogP contribution < -0.4 is 10.2 Å². The number of halogens is 2. The van der Waals surface area contributed by atoms with Crippen molar-refractivity contribution in [2.45, 2.75) is 32.4 Å². The predicted molar refractivity (Wildman–Crippen MR) is 110 cm³/mol. The molecule has 3 rings (SSSR count). The third kappa shape index (κ3) is 4.85. The van der Waals surface area contributed by atoms with E-state index in [2.05, 4.69) is 14.9 Å². The van der Waals surface area contributed by atoms with E-state index >= 15 is 0 Å². The van der Waals surface area contributed by atoms with E-state index < -0.39 is 35.0 Å². The van der Waals surface area contributed by atoms with Gasteiger partial charge in [-0.15, -0.1) is 5.10 Å². The summed E-state index contributed by atoms with van der Waals surface area (Å²) in [7, 11) is 0. The summed E-state index contributed by atoms with van der Waals surface area (Å²) < 4.78 is 32.0. The molecule has 0 aliphatic carbocycles. The second-order valence-corrected chi connectivity index (χ2v) is 8.22. The number of rotatable bonds is 5. The summed E-state index contributed by atoms with van der Waals surface area (Å²) in [5.41, 5.74) is -0.438. The first kappa shape index (κ1) is 21.5. The maximum absolute atomic E-state index is 14.8. The van der Waals surface area contributed by atoms with E-state index in [1.54, 1.807) is 26.8 Å². The molecule has 6 nitrogen and oxygen atoms in total. The Hall–Kier alpha value is -3.20. The molecule has 2 aromatic carbocycles. The lowest BCUT2D eigenvalue weighted by Crippen LogP contribution is -2.49. The number of anilines is 1. The highest BCUT2D eigenvalue weighted by molar-refractivity contribution is 7.03. The van der Waals surface area contributed by atoms with Crippen LogP contribution in [-0.4, -0.2) is 26.9 Å². The normalized spacial score (nSPS) is 12.3. The van der Waals surface area contributed by atoms with E-state index in [9.17, 15) is 18.4 Å². The number of carbonyl (C=O) groups excluding carboxylic acids is 2. The van der Waals surface area contributed by atoms with Gasteiger partial charge in [0.15, 0.2) is 5.69 Å². The number of hydrogen-bond acceptors (Lipinski definition) is 5. The van der Waals surface area contributed by atoms with Crippen molar-refractivity contribution in [1.82, 2.24) is 14.9 Å². The third-order valence-corrected chi connectivity index (χ3v) is 4.61. The Morgan fingerprint density at radius 3 is 2.30 bits per heavy atom. The Kier molecular flexibility index (Phi) is 6.21. The summed E-state index contributed by atoms with van der Waals surface area (Å²) in [5.74, 6) is -2.44. The summed E-state index contributed by atoms with van der Waals surface area (Å²) in [6.07, 6.45) is 0. The van der Waals surface area contributed by atoms with Crippen molar-refractivity contribution in [3.05, 3.63) is 76.8 Å². The predicted octanol–water partition coefficient (Wildman–Crippen LogP) is 4.12. The van der Waals surface area contributed by atoms with Crippen LogP contribution in [0.2, 0.25) is 0 Å². The molecule has 2 amide bonds. The van der Waals surface area contributed by atoms with Gasteiger partial charge >= 0.3 is 0 Å². The fraction of sp³-hybridized carbons (Fsp3) is 0.238. The average molecular weight is 430 g/mol. The molecule has 0 saturated heterocycles. The molecule has 0 radical (unpaired) electrons. The van der Waals surface area contributed by atoms with Crippen LogP contribution in [0.3, 0.4) is 0 Å². The van der Waals surface area contributed by atoms with Gasteiger partial charge in [0.2, 0.25) is 5.91 Å². The summed E-state index contributed by atoms with van der Waals surface area (Å²) >= 11 is 0.960. The van der Waals surface area contributed by atoms with Crippen LogP contribution in [0, 0.1) is 11.6 Å². The van der Waals surface area contributed by atoms with Crippen molar-refractivity contribution >= 4 is 29.0 Å². The Morgan fingerprint density at radius 1 is 1.07 bits per heavy atom. The molecule has 0 spiro atoms. The number of benzene rings is 2. The number of amides is 2. The number of nitrogens with one attached hydrogen (secondary N) is 1. The van der Waals surface area contributed by atoms with Crippen molar-refractivity contribution in [2.24, 2.45) is 0 Å². The minimum absolute atomic E-state index is 0.0288. The van der Waals surface area contributed by atoms with Gasteiger partial charge in [-0.25, -0.2) is 8.78 Å². The smallest absolute Gasteiger partial charge is 0.280 e. The molecule has 1 N–H and O–H groups in total. The zero-order valence-corrected chi connectivity index (χ0v) is 17.4. The first-order valence-corrected chi connectivity index (χ1v) is 9.93. The van der Waals surface area contributed by atoms with Crippen molar-refractivity contribution in [3.8, 4) is 0 Å². The first-order chi connectivity index (χ1) is 14.2. The number of aromatic nitrogens is 2. The second kappa shape index (κ2) is 8.66. The lowest BCUT2D eigenvalue weighted by molar-refractivity contribution is -0.123. The minimum atomic E-state index is -1.27. The molecule has 156 valence electrons. The number of carbonyl (C=O) groups is 2.